The highest BCUT2D eigenvalue weighted by molar-refractivity contribution is 7.11. The van der Waals surface area contributed by atoms with Crippen LogP contribution >= 0.6 is 11.3 Å². The number of hydrogen-bond acceptors (Lipinski definition) is 4. The van der Waals surface area contributed by atoms with E-state index in [2.05, 4.69) is 38.0 Å². The summed E-state index contributed by atoms with van der Waals surface area (Å²) in [6.07, 6.45) is 4.46. The van der Waals surface area contributed by atoms with Gasteiger partial charge in [-0.25, -0.2) is 4.98 Å². The van der Waals surface area contributed by atoms with E-state index < -0.39 is 0 Å². The van der Waals surface area contributed by atoms with Gasteiger partial charge in [-0.05, 0) is 38.0 Å². The molecule has 0 saturated heterocycles. The standard InChI is InChI=1S/C15H26N2OS/c1-10-16-12-6-5-7-13(14(12)19-10)17-11(9-18)8-15(2,3)4/h11,13,17-18H,5-9H2,1-4H3. The van der Waals surface area contributed by atoms with Gasteiger partial charge in [0.25, 0.3) is 0 Å². The Kier molecular flexibility index (Phi) is 4.64. The van der Waals surface area contributed by atoms with Crippen LogP contribution in [0.1, 0.15) is 61.7 Å². The second-order valence-electron chi connectivity index (χ2n) is 6.80. The maximum atomic E-state index is 9.60. The zero-order chi connectivity index (χ0) is 14.0. The third-order valence-electron chi connectivity index (χ3n) is 3.57. The second kappa shape index (κ2) is 5.90. The van der Waals surface area contributed by atoms with Gasteiger partial charge in [-0.1, -0.05) is 20.8 Å². The molecule has 19 heavy (non-hydrogen) atoms. The molecule has 0 radical (unpaired) electrons. The molecular weight excluding hydrogens is 256 g/mol. The van der Waals surface area contributed by atoms with Crippen molar-refractivity contribution in [1.29, 1.82) is 0 Å². The van der Waals surface area contributed by atoms with Crippen molar-refractivity contribution >= 4 is 11.3 Å². The van der Waals surface area contributed by atoms with Crippen LogP contribution in [0, 0.1) is 12.3 Å². The molecule has 2 N–H and O–H groups in total. The first-order valence-corrected chi connectivity index (χ1v) is 8.04. The SMILES string of the molecule is Cc1nc2c(s1)C(NC(CO)CC(C)(C)C)CCC2. The molecule has 2 rings (SSSR count). The Morgan fingerprint density at radius 2 is 2.21 bits per heavy atom. The Balaban J connectivity index is 2.06. The maximum Gasteiger partial charge on any atom is 0.0900 e. The molecule has 108 valence electrons. The normalized spacial score (nSPS) is 21.2. The molecule has 2 unspecified atom stereocenters. The zero-order valence-electron chi connectivity index (χ0n) is 12.5. The number of nitrogens with one attached hydrogen (secondary N) is 1. The molecule has 0 bridgehead atoms. The molecule has 0 saturated carbocycles. The van der Waals surface area contributed by atoms with Crippen LogP contribution in [0.5, 0.6) is 0 Å². The van der Waals surface area contributed by atoms with Gasteiger partial charge >= 0.3 is 0 Å². The van der Waals surface area contributed by atoms with Crippen molar-refractivity contribution in [1.82, 2.24) is 10.3 Å². The summed E-state index contributed by atoms with van der Waals surface area (Å²) in [5.74, 6) is 0. The third-order valence-corrected chi connectivity index (χ3v) is 4.70. The van der Waals surface area contributed by atoms with Gasteiger partial charge in [0.15, 0.2) is 0 Å². The van der Waals surface area contributed by atoms with E-state index in [1.54, 1.807) is 0 Å². The Hall–Kier alpha value is -0.450. The number of rotatable bonds is 4. The Morgan fingerprint density at radius 3 is 2.84 bits per heavy atom. The van der Waals surface area contributed by atoms with Crippen molar-refractivity contribution in [2.45, 2.75) is 65.5 Å². The molecule has 0 amide bonds. The first-order chi connectivity index (χ1) is 8.89. The molecule has 3 nitrogen and oxygen atoms in total. The summed E-state index contributed by atoms with van der Waals surface area (Å²) in [5.41, 5.74) is 1.51. The van der Waals surface area contributed by atoms with Crippen molar-refractivity contribution in [3.63, 3.8) is 0 Å². The molecular formula is C15H26N2OS. The molecule has 0 aromatic carbocycles. The van der Waals surface area contributed by atoms with Crippen LogP contribution in [0.25, 0.3) is 0 Å². The number of fused-ring (bicyclic) bond motifs is 1. The Morgan fingerprint density at radius 1 is 1.47 bits per heavy atom. The lowest BCUT2D eigenvalue weighted by Crippen LogP contribution is -2.39. The Bertz CT molecular complexity index is 422. The maximum absolute atomic E-state index is 9.60. The van der Waals surface area contributed by atoms with E-state index in [1.165, 1.54) is 17.0 Å². The smallest absolute Gasteiger partial charge is 0.0900 e. The van der Waals surface area contributed by atoms with Crippen molar-refractivity contribution in [2.75, 3.05) is 6.61 Å². The number of aryl methyl sites for hydroxylation is 2. The first-order valence-electron chi connectivity index (χ1n) is 7.22. The monoisotopic (exact) mass is 282 g/mol. The summed E-state index contributed by atoms with van der Waals surface area (Å²) in [6, 6.07) is 0.563. The molecule has 4 heteroatoms. The molecule has 1 heterocycles. The third kappa shape index (κ3) is 4.01. The van der Waals surface area contributed by atoms with Crippen molar-refractivity contribution in [2.24, 2.45) is 5.41 Å². The number of aliphatic hydroxyl groups is 1. The van der Waals surface area contributed by atoms with Gasteiger partial charge in [-0.15, -0.1) is 11.3 Å². The highest BCUT2D eigenvalue weighted by atomic mass is 32.1. The summed E-state index contributed by atoms with van der Waals surface area (Å²) >= 11 is 1.81. The van der Waals surface area contributed by atoms with E-state index in [0.717, 1.165) is 24.3 Å². The van der Waals surface area contributed by atoms with E-state index in [0.29, 0.717) is 6.04 Å². The number of aliphatic hydroxyl groups excluding tert-OH is 1. The average molecular weight is 282 g/mol. The minimum atomic E-state index is 0.179. The van der Waals surface area contributed by atoms with Gasteiger partial charge in [-0.3, -0.25) is 0 Å². The van der Waals surface area contributed by atoms with E-state index in [4.69, 9.17) is 0 Å². The molecule has 0 aliphatic heterocycles. The summed E-state index contributed by atoms with van der Waals surface area (Å²) in [6.45, 7) is 8.96. The van der Waals surface area contributed by atoms with Gasteiger partial charge in [0, 0.05) is 17.0 Å². The Labute approximate surface area is 120 Å². The van der Waals surface area contributed by atoms with Crippen molar-refractivity contribution < 1.29 is 5.11 Å². The highest BCUT2D eigenvalue weighted by Crippen LogP contribution is 2.35. The van der Waals surface area contributed by atoms with E-state index in [-0.39, 0.29) is 18.1 Å². The fourth-order valence-corrected chi connectivity index (χ4v) is 3.97. The van der Waals surface area contributed by atoms with Crippen molar-refractivity contribution in [3.05, 3.63) is 15.6 Å². The summed E-state index contributed by atoms with van der Waals surface area (Å²) < 4.78 is 0. The molecule has 1 aromatic rings. The van der Waals surface area contributed by atoms with Crippen LogP contribution in [0.3, 0.4) is 0 Å². The molecule has 0 fully saturated rings. The minimum absolute atomic E-state index is 0.179. The highest BCUT2D eigenvalue weighted by Gasteiger charge is 2.27. The predicted molar refractivity (Wildman–Crippen MR) is 80.6 cm³/mol. The number of aromatic nitrogens is 1. The minimum Gasteiger partial charge on any atom is -0.395 e. The summed E-state index contributed by atoms with van der Waals surface area (Å²) in [7, 11) is 0. The average Bonchev–Trinajstić information content (AvgIpc) is 2.67. The van der Waals surface area contributed by atoms with Gasteiger partial charge in [0.05, 0.1) is 17.3 Å². The molecule has 0 spiro atoms. The lowest BCUT2D eigenvalue weighted by molar-refractivity contribution is 0.185. The molecule has 1 aliphatic carbocycles. The van der Waals surface area contributed by atoms with Crippen LogP contribution < -0.4 is 5.32 Å². The summed E-state index contributed by atoms with van der Waals surface area (Å²) in [4.78, 5) is 6.02. The number of hydrogen-bond donors (Lipinski definition) is 2. The van der Waals surface area contributed by atoms with E-state index in [1.807, 2.05) is 11.3 Å². The van der Waals surface area contributed by atoms with Crippen LogP contribution in [0.15, 0.2) is 0 Å². The van der Waals surface area contributed by atoms with Gasteiger partial charge in [-0.2, -0.15) is 0 Å². The quantitative estimate of drug-likeness (QED) is 0.891. The van der Waals surface area contributed by atoms with Gasteiger partial charge in [0.2, 0.25) is 0 Å². The largest absolute Gasteiger partial charge is 0.395 e. The molecule has 2 atom stereocenters. The van der Waals surface area contributed by atoms with Crippen LogP contribution in [0.4, 0.5) is 0 Å². The van der Waals surface area contributed by atoms with E-state index in [9.17, 15) is 5.11 Å². The van der Waals surface area contributed by atoms with Crippen LogP contribution in [0.2, 0.25) is 0 Å². The summed E-state index contributed by atoms with van der Waals surface area (Å²) in [5, 5.41) is 14.4. The van der Waals surface area contributed by atoms with Crippen molar-refractivity contribution in [3.8, 4) is 0 Å². The van der Waals surface area contributed by atoms with Crippen LogP contribution in [-0.4, -0.2) is 22.7 Å². The van der Waals surface area contributed by atoms with Gasteiger partial charge in [0.1, 0.15) is 0 Å². The zero-order valence-corrected chi connectivity index (χ0v) is 13.3. The fraction of sp³-hybridized carbons (Fsp3) is 0.800. The fourth-order valence-electron chi connectivity index (χ4n) is 2.90. The lowest BCUT2D eigenvalue weighted by atomic mass is 9.87. The second-order valence-corrected chi connectivity index (χ2v) is 8.03. The number of thiazole rings is 1. The molecule has 1 aliphatic rings. The van der Waals surface area contributed by atoms with Gasteiger partial charge < -0.3 is 10.4 Å². The predicted octanol–water partition coefficient (Wildman–Crippen LogP) is 3.22. The van der Waals surface area contributed by atoms with Crippen LogP contribution in [-0.2, 0) is 6.42 Å². The first kappa shape index (κ1) is 14.9. The lowest BCUT2D eigenvalue weighted by Gasteiger charge is -2.31. The topological polar surface area (TPSA) is 45.2 Å². The van der Waals surface area contributed by atoms with E-state index >= 15 is 0 Å². The number of nitrogens with zero attached hydrogens (tertiary/aromatic N) is 1. The molecule has 1 aromatic heterocycles.